The molecule has 142 valence electrons. The van der Waals surface area contributed by atoms with Crippen molar-refractivity contribution in [3.63, 3.8) is 0 Å². The van der Waals surface area contributed by atoms with E-state index in [0.29, 0.717) is 41.7 Å². The summed E-state index contributed by atoms with van der Waals surface area (Å²) in [5.74, 6) is 0.811. The molecule has 1 N–H and O–H groups in total. The van der Waals surface area contributed by atoms with E-state index >= 15 is 0 Å². The van der Waals surface area contributed by atoms with Gasteiger partial charge in [0, 0.05) is 37.1 Å². The number of hydrogen-bond acceptors (Lipinski definition) is 6. The van der Waals surface area contributed by atoms with Crippen molar-refractivity contribution in [2.24, 2.45) is 5.92 Å². The highest BCUT2D eigenvalue weighted by molar-refractivity contribution is 7.89. The first kappa shape index (κ1) is 19.5. The van der Waals surface area contributed by atoms with E-state index in [1.54, 1.807) is 25.3 Å². The number of piperidine rings is 1. The molecular formula is C18H20ClN5O2S. The summed E-state index contributed by atoms with van der Waals surface area (Å²) in [5, 5.41) is 9.55. The minimum absolute atomic E-state index is 0.214. The molecule has 0 saturated carbocycles. The number of rotatable bonds is 5. The van der Waals surface area contributed by atoms with Gasteiger partial charge in [-0.2, -0.15) is 5.26 Å². The molecule has 1 aliphatic heterocycles. The summed E-state index contributed by atoms with van der Waals surface area (Å²) in [6.45, 7) is 3.52. The number of benzene rings is 1. The first-order chi connectivity index (χ1) is 12.9. The van der Waals surface area contributed by atoms with Gasteiger partial charge in [-0.3, -0.25) is 0 Å². The average molecular weight is 406 g/mol. The smallest absolute Gasteiger partial charge is 0.240 e. The summed E-state index contributed by atoms with van der Waals surface area (Å²) in [6.07, 6.45) is 4.68. The number of halogens is 1. The first-order valence-electron chi connectivity index (χ1n) is 8.62. The Bertz CT molecular complexity index is 966. The molecule has 1 fully saturated rings. The van der Waals surface area contributed by atoms with E-state index in [2.05, 4.69) is 20.8 Å². The Balaban J connectivity index is 1.60. The van der Waals surface area contributed by atoms with Crippen molar-refractivity contribution in [1.29, 1.82) is 5.26 Å². The third-order valence-corrected chi connectivity index (χ3v) is 6.50. The summed E-state index contributed by atoms with van der Waals surface area (Å²) in [5.41, 5.74) is 0.974. The molecule has 0 radical (unpaired) electrons. The van der Waals surface area contributed by atoms with Crippen LogP contribution in [0.5, 0.6) is 0 Å². The van der Waals surface area contributed by atoms with E-state index in [9.17, 15) is 8.42 Å². The van der Waals surface area contributed by atoms with Gasteiger partial charge in [0.25, 0.3) is 0 Å². The number of anilines is 1. The molecular weight excluding hydrogens is 386 g/mol. The van der Waals surface area contributed by atoms with Crippen LogP contribution in [0.25, 0.3) is 0 Å². The Hall–Kier alpha value is -2.21. The minimum Gasteiger partial charge on any atom is -0.354 e. The van der Waals surface area contributed by atoms with E-state index < -0.39 is 10.0 Å². The molecule has 0 atom stereocenters. The van der Waals surface area contributed by atoms with Crippen LogP contribution < -0.4 is 9.62 Å². The molecule has 3 rings (SSSR count). The number of aryl methyl sites for hydroxylation is 1. The van der Waals surface area contributed by atoms with Crippen LogP contribution in [0.1, 0.15) is 24.1 Å². The van der Waals surface area contributed by atoms with Crippen molar-refractivity contribution in [2.45, 2.75) is 24.7 Å². The highest BCUT2D eigenvalue weighted by atomic mass is 35.5. The minimum atomic E-state index is -3.60. The Morgan fingerprint density at radius 2 is 2.00 bits per heavy atom. The summed E-state index contributed by atoms with van der Waals surface area (Å²) in [4.78, 5) is 10.5. The summed E-state index contributed by atoms with van der Waals surface area (Å²) in [7, 11) is -3.60. The van der Waals surface area contributed by atoms with Crippen LogP contribution in [-0.2, 0) is 10.0 Å². The highest BCUT2D eigenvalue weighted by Crippen LogP contribution is 2.24. The Kier molecular flexibility index (Phi) is 5.95. The monoisotopic (exact) mass is 405 g/mol. The lowest BCUT2D eigenvalue weighted by Crippen LogP contribution is -2.39. The molecule has 1 aromatic heterocycles. The molecule has 1 aromatic carbocycles. The zero-order chi connectivity index (χ0) is 19.4. The van der Waals surface area contributed by atoms with Gasteiger partial charge < -0.3 is 4.90 Å². The van der Waals surface area contributed by atoms with E-state index in [1.807, 2.05) is 4.90 Å². The van der Waals surface area contributed by atoms with E-state index in [-0.39, 0.29) is 10.8 Å². The van der Waals surface area contributed by atoms with Gasteiger partial charge in [0.2, 0.25) is 10.0 Å². The fourth-order valence-corrected chi connectivity index (χ4v) is 4.78. The predicted octanol–water partition coefficient (Wildman–Crippen LogP) is 2.51. The molecule has 27 heavy (non-hydrogen) atoms. The summed E-state index contributed by atoms with van der Waals surface area (Å²) in [6, 6.07) is 6.90. The Morgan fingerprint density at radius 3 is 2.70 bits per heavy atom. The molecule has 2 heterocycles. The fraction of sp³-hybridized carbons (Fsp3) is 0.389. The molecule has 0 spiro atoms. The molecule has 7 nitrogen and oxygen atoms in total. The topological polar surface area (TPSA) is 99.0 Å². The second-order valence-corrected chi connectivity index (χ2v) is 8.70. The summed E-state index contributed by atoms with van der Waals surface area (Å²) < 4.78 is 27.9. The quantitative estimate of drug-likeness (QED) is 0.820. The lowest BCUT2D eigenvalue weighted by molar-refractivity contribution is 0.400. The lowest BCUT2D eigenvalue weighted by atomic mass is 9.97. The van der Waals surface area contributed by atoms with Gasteiger partial charge in [-0.25, -0.2) is 23.1 Å². The average Bonchev–Trinajstić information content (AvgIpc) is 2.68. The molecule has 2 aromatic rings. The van der Waals surface area contributed by atoms with Crippen LogP contribution in [0.4, 0.5) is 5.82 Å². The van der Waals surface area contributed by atoms with Crippen LogP contribution in [0.2, 0.25) is 5.02 Å². The van der Waals surface area contributed by atoms with Gasteiger partial charge in [-0.1, -0.05) is 17.7 Å². The first-order valence-corrected chi connectivity index (χ1v) is 10.5. The van der Waals surface area contributed by atoms with E-state index in [1.165, 1.54) is 12.3 Å². The van der Waals surface area contributed by atoms with Crippen molar-refractivity contribution >= 4 is 27.4 Å². The number of nitrogens with zero attached hydrogens (tertiary/aromatic N) is 4. The molecule has 0 bridgehead atoms. The molecule has 0 unspecified atom stereocenters. The van der Waals surface area contributed by atoms with Gasteiger partial charge in [0.1, 0.15) is 6.07 Å². The van der Waals surface area contributed by atoms with E-state index in [0.717, 1.165) is 12.8 Å². The van der Waals surface area contributed by atoms with Crippen LogP contribution in [0.3, 0.4) is 0 Å². The largest absolute Gasteiger partial charge is 0.354 e. The van der Waals surface area contributed by atoms with Gasteiger partial charge in [0.05, 0.1) is 4.90 Å². The third kappa shape index (κ3) is 4.56. The maximum absolute atomic E-state index is 12.6. The maximum atomic E-state index is 12.6. The van der Waals surface area contributed by atoms with Gasteiger partial charge >= 0.3 is 0 Å². The Labute approximate surface area is 164 Å². The van der Waals surface area contributed by atoms with Crippen LogP contribution in [0.15, 0.2) is 35.5 Å². The molecule has 1 aliphatic rings. The molecule has 0 amide bonds. The van der Waals surface area contributed by atoms with Gasteiger partial charge in [0.15, 0.2) is 11.5 Å². The molecule has 0 aliphatic carbocycles. The fourth-order valence-electron chi connectivity index (χ4n) is 3.16. The van der Waals surface area contributed by atoms with Crippen LogP contribution in [0, 0.1) is 24.2 Å². The number of nitriles is 1. The third-order valence-electron chi connectivity index (χ3n) is 4.70. The van der Waals surface area contributed by atoms with Crippen LogP contribution >= 0.6 is 11.6 Å². The van der Waals surface area contributed by atoms with Crippen molar-refractivity contribution in [3.8, 4) is 6.07 Å². The Morgan fingerprint density at radius 1 is 1.30 bits per heavy atom. The standard InChI is InChI=1S/C18H20ClN5O2S/c1-13-2-3-15(19)10-17(13)27(25,26)23-12-14-4-8-24(9-5-14)18-16(11-20)21-6-7-22-18/h2-3,6-7,10,14,23H,4-5,8-9,12H2,1H3. The second kappa shape index (κ2) is 8.21. The molecule has 1 saturated heterocycles. The van der Waals surface area contributed by atoms with Crippen molar-refractivity contribution in [1.82, 2.24) is 14.7 Å². The van der Waals surface area contributed by atoms with Gasteiger partial charge in [-0.05, 0) is 43.4 Å². The second-order valence-electron chi connectivity index (χ2n) is 6.53. The maximum Gasteiger partial charge on any atom is 0.240 e. The molecule has 9 heteroatoms. The number of nitrogens with one attached hydrogen (secondary N) is 1. The zero-order valence-corrected chi connectivity index (χ0v) is 16.5. The van der Waals surface area contributed by atoms with E-state index in [4.69, 9.17) is 16.9 Å². The number of hydrogen-bond donors (Lipinski definition) is 1. The summed E-state index contributed by atoms with van der Waals surface area (Å²) >= 11 is 5.94. The van der Waals surface area contributed by atoms with Gasteiger partial charge in [-0.15, -0.1) is 0 Å². The lowest BCUT2D eigenvalue weighted by Gasteiger charge is -2.32. The van der Waals surface area contributed by atoms with Crippen molar-refractivity contribution in [2.75, 3.05) is 24.5 Å². The number of aromatic nitrogens is 2. The van der Waals surface area contributed by atoms with Crippen molar-refractivity contribution < 1.29 is 8.42 Å². The zero-order valence-electron chi connectivity index (χ0n) is 14.9. The van der Waals surface area contributed by atoms with Crippen LogP contribution in [-0.4, -0.2) is 38.0 Å². The number of sulfonamides is 1. The SMILES string of the molecule is Cc1ccc(Cl)cc1S(=O)(=O)NCC1CCN(c2nccnc2C#N)CC1. The highest BCUT2D eigenvalue weighted by Gasteiger charge is 2.24. The predicted molar refractivity (Wildman–Crippen MR) is 103 cm³/mol. The normalized spacial score (nSPS) is 15.5. The van der Waals surface area contributed by atoms with Crippen molar-refractivity contribution in [3.05, 3.63) is 46.9 Å².